The number of piperidine rings is 1. The van der Waals surface area contributed by atoms with Gasteiger partial charge in [0.2, 0.25) is 0 Å². The largest absolute Gasteiger partial charge is 0.491 e. The molecule has 0 aromatic heterocycles. The summed E-state index contributed by atoms with van der Waals surface area (Å²) in [5, 5.41) is 2.90. The molecule has 0 bridgehead atoms. The molecule has 0 atom stereocenters. The predicted molar refractivity (Wildman–Crippen MR) is 94.7 cm³/mol. The average molecular weight is 349 g/mol. The number of rotatable bonds is 7. The van der Waals surface area contributed by atoms with Crippen molar-refractivity contribution >= 4 is 11.9 Å². The van der Waals surface area contributed by atoms with E-state index in [1.165, 1.54) is 17.6 Å². The third kappa shape index (κ3) is 6.05. The molecule has 0 aliphatic carbocycles. The number of benzene rings is 1. The number of carbonyl (C=O) groups is 2. The van der Waals surface area contributed by atoms with E-state index < -0.39 is 0 Å². The predicted octanol–water partition coefficient (Wildman–Crippen LogP) is 0.266. The fourth-order valence-electron chi connectivity index (χ4n) is 3.21. The van der Waals surface area contributed by atoms with Crippen LogP contribution in [0.3, 0.4) is 0 Å². The van der Waals surface area contributed by atoms with Gasteiger partial charge in [-0.15, -0.1) is 0 Å². The highest BCUT2D eigenvalue weighted by Crippen LogP contribution is 2.18. The van der Waals surface area contributed by atoms with Gasteiger partial charge < -0.3 is 19.7 Å². The van der Waals surface area contributed by atoms with Crippen molar-refractivity contribution in [3.05, 3.63) is 29.3 Å². The number of nitrogens with one attached hydrogen (secondary N) is 2. The zero-order valence-electron chi connectivity index (χ0n) is 15.4. The molecule has 138 valence electrons. The highest BCUT2D eigenvalue weighted by atomic mass is 16.5. The summed E-state index contributed by atoms with van der Waals surface area (Å²) in [6.45, 7) is 7.10. The van der Waals surface area contributed by atoms with E-state index in [0.29, 0.717) is 19.7 Å². The Morgan fingerprint density at radius 1 is 1.24 bits per heavy atom. The van der Waals surface area contributed by atoms with E-state index in [1.54, 1.807) is 0 Å². The molecule has 1 aromatic carbocycles. The minimum atomic E-state index is -0.132. The van der Waals surface area contributed by atoms with Gasteiger partial charge in [-0.3, -0.25) is 9.59 Å². The summed E-state index contributed by atoms with van der Waals surface area (Å²) in [4.78, 5) is 24.7. The lowest BCUT2D eigenvalue weighted by Gasteiger charge is -2.27. The van der Waals surface area contributed by atoms with Crippen molar-refractivity contribution in [3.8, 4) is 5.75 Å². The molecule has 0 unspecified atom stereocenters. The molecule has 1 heterocycles. The number of carbonyl (C=O) groups excluding carboxylic acids is 2. The number of esters is 1. The Bertz CT molecular complexity index is 595. The lowest BCUT2D eigenvalue weighted by Crippen LogP contribution is -3.14. The first kappa shape index (κ1) is 19.2. The van der Waals surface area contributed by atoms with Gasteiger partial charge in [0.15, 0.2) is 6.54 Å². The molecule has 1 saturated heterocycles. The van der Waals surface area contributed by atoms with Crippen LogP contribution in [-0.4, -0.2) is 51.8 Å². The number of quaternary nitrogens is 1. The molecular formula is C19H29N2O4+. The fraction of sp³-hybridized carbons (Fsp3) is 0.579. The van der Waals surface area contributed by atoms with Crippen LogP contribution in [0, 0.1) is 19.8 Å². The second-order valence-electron chi connectivity index (χ2n) is 6.69. The summed E-state index contributed by atoms with van der Waals surface area (Å²) < 4.78 is 10.5. The molecule has 6 nitrogen and oxygen atoms in total. The number of methoxy groups -OCH3 is 1. The van der Waals surface area contributed by atoms with Gasteiger partial charge in [-0.2, -0.15) is 0 Å². The van der Waals surface area contributed by atoms with Crippen molar-refractivity contribution in [2.24, 2.45) is 5.92 Å². The molecule has 0 saturated carbocycles. The van der Waals surface area contributed by atoms with E-state index in [9.17, 15) is 9.59 Å². The van der Waals surface area contributed by atoms with Crippen LogP contribution in [0.25, 0.3) is 0 Å². The Morgan fingerprint density at radius 3 is 2.60 bits per heavy atom. The van der Waals surface area contributed by atoms with E-state index in [-0.39, 0.29) is 17.8 Å². The van der Waals surface area contributed by atoms with Gasteiger partial charge in [-0.25, -0.2) is 0 Å². The van der Waals surface area contributed by atoms with Crippen LogP contribution in [0.1, 0.15) is 24.0 Å². The molecule has 2 rings (SSSR count). The molecule has 2 N–H and O–H groups in total. The fourth-order valence-corrected chi connectivity index (χ4v) is 3.21. The van der Waals surface area contributed by atoms with Gasteiger partial charge in [0.25, 0.3) is 5.91 Å². The zero-order valence-corrected chi connectivity index (χ0v) is 15.4. The van der Waals surface area contributed by atoms with Crippen molar-refractivity contribution in [2.45, 2.75) is 26.7 Å². The van der Waals surface area contributed by atoms with Crippen molar-refractivity contribution < 1.29 is 24.0 Å². The Hall–Kier alpha value is -2.08. The van der Waals surface area contributed by atoms with Crippen LogP contribution < -0.4 is 15.0 Å². The first-order valence-corrected chi connectivity index (χ1v) is 8.87. The molecule has 25 heavy (non-hydrogen) atoms. The lowest BCUT2D eigenvalue weighted by molar-refractivity contribution is -0.897. The summed E-state index contributed by atoms with van der Waals surface area (Å²) in [7, 11) is 1.43. The van der Waals surface area contributed by atoms with Crippen LogP contribution in [0.5, 0.6) is 5.75 Å². The van der Waals surface area contributed by atoms with Gasteiger partial charge in [-0.1, -0.05) is 17.7 Å². The third-order valence-electron chi connectivity index (χ3n) is 4.65. The first-order chi connectivity index (χ1) is 12.0. The number of hydrogen-bond donors (Lipinski definition) is 2. The first-order valence-electron chi connectivity index (χ1n) is 8.87. The number of aryl methyl sites for hydroxylation is 2. The highest BCUT2D eigenvalue weighted by Gasteiger charge is 2.28. The Morgan fingerprint density at radius 2 is 1.96 bits per heavy atom. The Kier molecular flexibility index (Phi) is 7.25. The maximum atomic E-state index is 12.0. The monoisotopic (exact) mass is 349 g/mol. The number of ether oxygens (including phenoxy) is 2. The van der Waals surface area contributed by atoms with Crippen molar-refractivity contribution in [1.82, 2.24) is 5.32 Å². The standard InChI is InChI=1S/C19H28N2O4/c1-14-4-5-17(15(2)12-14)25-11-8-20-18(22)13-21-9-6-16(7-10-21)19(23)24-3/h4-5,12,16H,6-11,13H2,1-3H3,(H,20,22)/p+1. The SMILES string of the molecule is COC(=O)C1CC[NH+](CC(=O)NCCOc2ccc(C)cc2C)CC1. The maximum absolute atomic E-state index is 12.0. The molecule has 0 radical (unpaired) electrons. The van der Waals surface area contributed by atoms with E-state index in [1.807, 2.05) is 26.0 Å². The second-order valence-corrected chi connectivity index (χ2v) is 6.69. The van der Waals surface area contributed by atoms with Crippen LogP contribution in [-0.2, 0) is 14.3 Å². The van der Waals surface area contributed by atoms with Crippen molar-refractivity contribution in [3.63, 3.8) is 0 Å². The van der Waals surface area contributed by atoms with Crippen LogP contribution in [0.15, 0.2) is 18.2 Å². The summed E-state index contributed by atoms with van der Waals surface area (Å²) in [5.74, 6) is 0.737. The topological polar surface area (TPSA) is 69.1 Å². The van der Waals surface area contributed by atoms with Crippen molar-refractivity contribution in [1.29, 1.82) is 0 Å². The van der Waals surface area contributed by atoms with E-state index >= 15 is 0 Å². The van der Waals surface area contributed by atoms with Crippen LogP contribution in [0.2, 0.25) is 0 Å². The van der Waals surface area contributed by atoms with E-state index in [0.717, 1.165) is 37.2 Å². The molecule has 0 spiro atoms. The van der Waals surface area contributed by atoms with E-state index in [2.05, 4.69) is 11.4 Å². The number of amides is 1. The molecule has 1 aromatic rings. The van der Waals surface area contributed by atoms with Gasteiger partial charge in [0, 0.05) is 12.8 Å². The molecule has 6 heteroatoms. The Labute approximate surface area is 149 Å². The smallest absolute Gasteiger partial charge is 0.309 e. The van der Waals surface area contributed by atoms with Crippen LogP contribution >= 0.6 is 0 Å². The summed E-state index contributed by atoms with van der Waals surface area (Å²) in [6, 6.07) is 6.06. The lowest BCUT2D eigenvalue weighted by atomic mass is 9.97. The summed E-state index contributed by atoms with van der Waals surface area (Å²) in [5.41, 5.74) is 2.31. The molecular weight excluding hydrogens is 320 g/mol. The normalized spacial score (nSPS) is 20.0. The maximum Gasteiger partial charge on any atom is 0.309 e. The molecule has 1 aliphatic heterocycles. The number of likely N-dealkylation sites (tertiary alicyclic amines) is 1. The quantitative estimate of drug-likeness (QED) is 0.548. The van der Waals surface area contributed by atoms with Crippen LogP contribution in [0.4, 0.5) is 0 Å². The Balaban J connectivity index is 1.62. The van der Waals surface area contributed by atoms with Gasteiger partial charge in [0.05, 0.1) is 32.7 Å². The molecule has 1 fully saturated rings. The van der Waals surface area contributed by atoms with Crippen molar-refractivity contribution in [2.75, 3.05) is 39.9 Å². The molecule has 1 aliphatic rings. The minimum Gasteiger partial charge on any atom is -0.491 e. The number of hydrogen-bond acceptors (Lipinski definition) is 4. The second kappa shape index (κ2) is 9.42. The minimum absolute atomic E-state index is 0.0111. The third-order valence-corrected chi connectivity index (χ3v) is 4.65. The average Bonchev–Trinajstić information content (AvgIpc) is 2.60. The molecule has 1 amide bonds. The van der Waals surface area contributed by atoms with Gasteiger partial charge >= 0.3 is 5.97 Å². The summed E-state index contributed by atoms with van der Waals surface area (Å²) >= 11 is 0. The van der Waals surface area contributed by atoms with Gasteiger partial charge in [-0.05, 0) is 25.5 Å². The van der Waals surface area contributed by atoms with Gasteiger partial charge in [0.1, 0.15) is 12.4 Å². The van der Waals surface area contributed by atoms with E-state index in [4.69, 9.17) is 9.47 Å². The highest BCUT2D eigenvalue weighted by molar-refractivity contribution is 5.76. The summed E-state index contributed by atoms with van der Waals surface area (Å²) in [6.07, 6.45) is 1.57. The zero-order chi connectivity index (χ0) is 18.2.